The molecule has 2 heterocycles. The standard InChI is InChI=1S/C10H13N3O2S/c1-6-4-5-8-9(11)10(16(3,14)15)12-13(8)7(6)2/h4-5H,11H2,1-3H3. The molecule has 0 aliphatic carbocycles. The van der Waals surface area contributed by atoms with Gasteiger partial charge in [-0.1, -0.05) is 6.07 Å². The molecule has 0 spiro atoms. The maximum absolute atomic E-state index is 11.5. The minimum Gasteiger partial charge on any atom is -0.395 e. The van der Waals surface area contributed by atoms with Gasteiger partial charge in [0.25, 0.3) is 0 Å². The summed E-state index contributed by atoms with van der Waals surface area (Å²) >= 11 is 0. The molecule has 0 radical (unpaired) electrons. The van der Waals surface area contributed by atoms with Crippen LogP contribution >= 0.6 is 0 Å². The smallest absolute Gasteiger partial charge is 0.200 e. The number of aryl methyl sites for hydroxylation is 2. The number of hydrogen-bond acceptors (Lipinski definition) is 4. The fraction of sp³-hybridized carbons (Fsp3) is 0.300. The third-order valence-electron chi connectivity index (χ3n) is 2.66. The van der Waals surface area contributed by atoms with E-state index in [0.717, 1.165) is 17.5 Å². The molecule has 0 saturated heterocycles. The average molecular weight is 239 g/mol. The molecule has 5 nitrogen and oxygen atoms in total. The van der Waals surface area contributed by atoms with Crippen molar-refractivity contribution < 1.29 is 8.42 Å². The molecule has 0 saturated carbocycles. The zero-order chi connectivity index (χ0) is 12.1. The van der Waals surface area contributed by atoms with Crippen molar-refractivity contribution in [2.75, 3.05) is 12.0 Å². The van der Waals surface area contributed by atoms with Crippen molar-refractivity contribution in [1.82, 2.24) is 9.61 Å². The van der Waals surface area contributed by atoms with Gasteiger partial charge in [0.15, 0.2) is 9.84 Å². The van der Waals surface area contributed by atoms with E-state index in [2.05, 4.69) is 5.10 Å². The summed E-state index contributed by atoms with van der Waals surface area (Å²) in [6.07, 6.45) is 1.10. The number of hydrogen-bond donors (Lipinski definition) is 1. The van der Waals surface area contributed by atoms with Gasteiger partial charge in [-0.25, -0.2) is 12.9 Å². The molecule has 0 atom stereocenters. The number of fused-ring (bicyclic) bond motifs is 1. The highest BCUT2D eigenvalue weighted by Crippen LogP contribution is 2.24. The molecule has 86 valence electrons. The number of sulfone groups is 1. The molecular weight excluding hydrogens is 226 g/mol. The summed E-state index contributed by atoms with van der Waals surface area (Å²) in [6.45, 7) is 3.81. The molecular formula is C10H13N3O2S. The van der Waals surface area contributed by atoms with E-state index in [-0.39, 0.29) is 10.7 Å². The number of nitrogens with two attached hydrogens (primary N) is 1. The molecule has 0 fully saturated rings. The van der Waals surface area contributed by atoms with Gasteiger partial charge >= 0.3 is 0 Å². The molecule has 0 aromatic carbocycles. The van der Waals surface area contributed by atoms with E-state index in [9.17, 15) is 8.42 Å². The topological polar surface area (TPSA) is 77.5 Å². The lowest BCUT2D eigenvalue weighted by atomic mass is 10.2. The molecule has 0 amide bonds. The summed E-state index contributed by atoms with van der Waals surface area (Å²) in [4.78, 5) is 0. The largest absolute Gasteiger partial charge is 0.395 e. The lowest BCUT2D eigenvalue weighted by molar-refractivity contribution is 0.597. The highest BCUT2D eigenvalue weighted by Gasteiger charge is 2.19. The van der Waals surface area contributed by atoms with E-state index >= 15 is 0 Å². The van der Waals surface area contributed by atoms with Gasteiger partial charge in [0.1, 0.15) is 0 Å². The van der Waals surface area contributed by atoms with E-state index in [1.807, 2.05) is 19.9 Å². The lowest BCUT2D eigenvalue weighted by Crippen LogP contribution is -2.02. The maximum Gasteiger partial charge on any atom is 0.200 e. The van der Waals surface area contributed by atoms with Crippen LogP contribution in [0.2, 0.25) is 0 Å². The lowest BCUT2D eigenvalue weighted by Gasteiger charge is -2.02. The Morgan fingerprint density at radius 1 is 1.31 bits per heavy atom. The average Bonchev–Trinajstić information content (AvgIpc) is 2.50. The maximum atomic E-state index is 11.5. The zero-order valence-electron chi connectivity index (χ0n) is 9.35. The van der Waals surface area contributed by atoms with Crippen LogP contribution < -0.4 is 5.73 Å². The molecule has 6 heteroatoms. The number of anilines is 1. The Morgan fingerprint density at radius 2 is 1.94 bits per heavy atom. The minimum atomic E-state index is -3.38. The van der Waals surface area contributed by atoms with Crippen LogP contribution in [-0.4, -0.2) is 24.3 Å². The first-order valence-electron chi connectivity index (χ1n) is 4.77. The van der Waals surface area contributed by atoms with Crippen LogP contribution in [0.3, 0.4) is 0 Å². The molecule has 16 heavy (non-hydrogen) atoms. The van der Waals surface area contributed by atoms with Crippen molar-refractivity contribution in [3.8, 4) is 0 Å². The first-order valence-corrected chi connectivity index (χ1v) is 6.66. The molecule has 2 aromatic heterocycles. The van der Waals surface area contributed by atoms with Crippen LogP contribution in [0.15, 0.2) is 17.2 Å². The van der Waals surface area contributed by atoms with E-state index in [4.69, 9.17) is 5.73 Å². The van der Waals surface area contributed by atoms with Gasteiger partial charge in [0.2, 0.25) is 5.03 Å². The zero-order valence-corrected chi connectivity index (χ0v) is 10.2. The molecule has 0 bridgehead atoms. The van der Waals surface area contributed by atoms with Gasteiger partial charge in [-0.15, -0.1) is 0 Å². The Labute approximate surface area is 93.8 Å². The van der Waals surface area contributed by atoms with Gasteiger partial charge in [-0.2, -0.15) is 5.10 Å². The first kappa shape index (κ1) is 10.9. The molecule has 0 unspecified atom stereocenters. The van der Waals surface area contributed by atoms with E-state index in [1.54, 1.807) is 10.6 Å². The van der Waals surface area contributed by atoms with Crippen LogP contribution in [0.25, 0.3) is 5.52 Å². The Bertz CT molecular complexity index is 671. The van der Waals surface area contributed by atoms with Gasteiger partial charge in [-0.05, 0) is 25.5 Å². The quantitative estimate of drug-likeness (QED) is 0.803. The van der Waals surface area contributed by atoms with Gasteiger partial charge in [0.05, 0.1) is 11.2 Å². The predicted octanol–water partition coefficient (Wildman–Crippen LogP) is 0.937. The Kier molecular flexibility index (Phi) is 2.20. The van der Waals surface area contributed by atoms with E-state index in [1.165, 1.54) is 0 Å². The van der Waals surface area contributed by atoms with Gasteiger partial charge in [0, 0.05) is 11.9 Å². The molecule has 2 aromatic rings. The molecule has 0 aliphatic rings. The van der Waals surface area contributed by atoms with Crippen LogP contribution in [0.1, 0.15) is 11.3 Å². The van der Waals surface area contributed by atoms with Crippen LogP contribution in [-0.2, 0) is 9.84 Å². The fourth-order valence-electron chi connectivity index (χ4n) is 1.60. The number of aromatic nitrogens is 2. The monoisotopic (exact) mass is 239 g/mol. The summed E-state index contributed by atoms with van der Waals surface area (Å²) in [7, 11) is -3.38. The second-order valence-electron chi connectivity index (χ2n) is 3.89. The summed E-state index contributed by atoms with van der Waals surface area (Å²) in [5.41, 5.74) is 8.55. The highest BCUT2D eigenvalue weighted by atomic mass is 32.2. The van der Waals surface area contributed by atoms with Crippen molar-refractivity contribution >= 4 is 21.0 Å². The van der Waals surface area contributed by atoms with E-state index < -0.39 is 9.84 Å². The summed E-state index contributed by atoms with van der Waals surface area (Å²) in [5.74, 6) is 0. The number of nitrogens with zero attached hydrogens (tertiary/aromatic N) is 2. The second-order valence-corrected chi connectivity index (χ2v) is 5.82. The number of pyridine rings is 1. The number of rotatable bonds is 1. The molecule has 0 aliphatic heterocycles. The van der Waals surface area contributed by atoms with Gasteiger partial charge in [-0.3, -0.25) is 0 Å². The minimum absolute atomic E-state index is 0.0544. The fourth-order valence-corrected chi connectivity index (χ4v) is 2.34. The Balaban J connectivity index is 2.94. The van der Waals surface area contributed by atoms with Crippen molar-refractivity contribution in [1.29, 1.82) is 0 Å². The Hall–Kier alpha value is -1.56. The highest BCUT2D eigenvalue weighted by molar-refractivity contribution is 7.90. The third-order valence-corrected chi connectivity index (χ3v) is 3.66. The van der Waals surface area contributed by atoms with E-state index in [0.29, 0.717) is 5.52 Å². The second kappa shape index (κ2) is 3.21. The van der Waals surface area contributed by atoms with Gasteiger partial charge < -0.3 is 5.73 Å². The summed E-state index contributed by atoms with van der Waals surface area (Å²) < 4.78 is 24.5. The molecule has 2 rings (SSSR count). The molecule has 2 N–H and O–H groups in total. The predicted molar refractivity (Wildman–Crippen MR) is 62.2 cm³/mol. The van der Waals surface area contributed by atoms with Crippen molar-refractivity contribution in [3.63, 3.8) is 0 Å². The number of nitrogen functional groups attached to an aromatic ring is 1. The Morgan fingerprint density at radius 3 is 2.50 bits per heavy atom. The SMILES string of the molecule is Cc1ccc2c(N)c(S(C)(=O)=O)nn2c1C. The third kappa shape index (κ3) is 1.46. The van der Waals surface area contributed by atoms with Crippen molar-refractivity contribution in [2.45, 2.75) is 18.9 Å². The van der Waals surface area contributed by atoms with Crippen LogP contribution in [0.5, 0.6) is 0 Å². The van der Waals surface area contributed by atoms with Crippen LogP contribution in [0, 0.1) is 13.8 Å². The van der Waals surface area contributed by atoms with Crippen molar-refractivity contribution in [3.05, 3.63) is 23.4 Å². The first-order chi connectivity index (χ1) is 7.32. The van der Waals surface area contributed by atoms with Crippen molar-refractivity contribution in [2.24, 2.45) is 0 Å². The summed E-state index contributed by atoms with van der Waals surface area (Å²) in [6, 6.07) is 3.67. The van der Waals surface area contributed by atoms with Crippen LogP contribution in [0.4, 0.5) is 5.69 Å². The normalized spacial score (nSPS) is 12.2. The summed E-state index contributed by atoms with van der Waals surface area (Å²) in [5, 5.41) is 3.99.